The quantitative estimate of drug-likeness (QED) is 0.781. The van der Waals surface area contributed by atoms with Gasteiger partial charge in [-0.05, 0) is 25.6 Å². The molecule has 0 aliphatic carbocycles. The van der Waals surface area contributed by atoms with E-state index in [1.54, 1.807) is 7.11 Å². The Hall–Kier alpha value is -1.81. The van der Waals surface area contributed by atoms with Gasteiger partial charge in [-0.1, -0.05) is 19.1 Å². The summed E-state index contributed by atoms with van der Waals surface area (Å²) in [6, 6.07) is 5.76. The molecule has 1 aromatic carbocycles. The molecular weight excluding hydrogens is 266 g/mol. The number of ketones is 1. The first kappa shape index (κ1) is 15.6. The minimum Gasteiger partial charge on any atom is -0.493 e. The van der Waals surface area contributed by atoms with Crippen molar-refractivity contribution in [2.24, 2.45) is 0 Å². The van der Waals surface area contributed by atoms with Crippen molar-refractivity contribution in [2.75, 3.05) is 33.9 Å². The van der Waals surface area contributed by atoms with Gasteiger partial charge in [-0.2, -0.15) is 0 Å². The summed E-state index contributed by atoms with van der Waals surface area (Å²) < 4.78 is 11.2. The van der Waals surface area contributed by atoms with Crippen molar-refractivity contribution < 1.29 is 14.3 Å². The highest BCUT2D eigenvalue weighted by Gasteiger charge is 2.19. The molecule has 4 nitrogen and oxygen atoms in total. The molecule has 1 aliphatic heterocycles. The summed E-state index contributed by atoms with van der Waals surface area (Å²) in [4.78, 5) is 14.2. The molecule has 1 saturated heterocycles. The third kappa shape index (κ3) is 3.85. The van der Waals surface area contributed by atoms with Crippen LogP contribution in [-0.4, -0.2) is 44.5 Å². The highest BCUT2D eigenvalue weighted by atomic mass is 16.5. The molecule has 1 fully saturated rings. The van der Waals surface area contributed by atoms with E-state index in [9.17, 15) is 4.79 Å². The van der Waals surface area contributed by atoms with Gasteiger partial charge in [0, 0.05) is 30.6 Å². The van der Waals surface area contributed by atoms with E-state index < -0.39 is 0 Å². The monoisotopic (exact) mass is 289 g/mol. The van der Waals surface area contributed by atoms with Gasteiger partial charge in [0.25, 0.3) is 0 Å². The Morgan fingerprint density at radius 3 is 2.90 bits per heavy atom. The number of nitrogens with zero attached hydrogens (tertiary/aromatic N) is 1. The summed E-state index contributed by atoms with van der Waals surface area (Å²) in [7, 11) is 3.66. The molecule has 4 heteroatoms. The van der Waals surface area contributed by atoms with Crippen LogP contribution in [0.4, 0.5) is 0 Å². The smallest absolute Gasteiger partial charge is 0.168 e. The number of likely N-dealkylation sites (N-methyl/N-ethyl adjacent to an activating group) is 1. The second-order valence-electron chi connectivity index (χ2n) is 5.31. The Labute approximate surface area is 126 Å². The topological polar surface area (TPSA) is 38.8 Å². The molecule has 1 aromatic rings. The van der Waals surface area contributed by atoms with Crippen molar-refractivity contribution in [3.63, 3.8) is 0 Å². The van der Waals surface area contributed by atoms with Gasteiger partial charge in [0.05, 0.1) is 13.7 Å². The lowest BCUT2D eigenvalue weighted by Crippen LogP contribution is -2.32. The second kappa shape index (κ2) is 7.27. The Kier molecular flexibility index (Phi) is 5.39. The molecule has 0 unspecified atom stereocenters. The zero-order valence-corrected chi connectivity index (χ0v) is 13.0. The van der Waals surface area contributed by atoms with E-state index in [0.29, 0.717) is 25.3 Å². The minimum absolute atomic E-state index is 0.220. The van der Waals surface area contributed by atoms with Crippen molar-refractivity contribution in [3.8, 4) is 11.5 Å². The first-order valence-electron chi connectivity index (χ1n) is 7.37. The summed E-state index contributed by atoms with van der Waals surface area (Å²) in [5, 5.41) is 0. The molecule has 0 saturated carbocycles. The summed E-state index contributed by atoms with van der Waals surface area (Å²) in [6.07, 6.45) is 3.44. The van der Waals surface area contributed by atoms with Crippen LogP contribution in [0.25, 0.3) is 6.08 Å². The molecule has 1 heterocycles. The number of likely N-dealkylation sites (tertiary alicyclic amines) is 1. The zero-order chi connectivity index (χ0) is 15.2. The van der Waals surface area contributed by atoms with Crippen LogP contribution in [0.5, 0.6) is 11.5 Å². The molecule has 1 aliphatic rings. The molecule has 0 atom stereocenters. The molecule has 0 amide bonds. The zero-order valence-electron chi connectivity index (χ0n) is 13.0. The average molecular weight is 289 g/mol. The fourth-order valence-corrected chi connectivity index (χ4v) is 2.39. The Bertz CT molecular complexity index is 537. The van der Waals surface area contributed by atoms with E-state index >= 15 is 0 Å². The molecule has 0 aromatic heterocycles. The number of benzene rings is 1. The summed E-state index contributed by atoms with van der Waals surface area (Å²) in [6.45, 7) is 4.20. The van der Waals surface area contributed by atoms with Gasteiger partial charge in [-0.15, -0.1) is 0 Å². The summed E-state index contributed by atoms with van der Waals surface area (Å²) in [5.41, 5.74) is 1.74. The first-order valence-corrected chi connectivity index (χ1v) is 7.37. The molecule has 0 N–H and O–H groups in total. The predicted molar refractivity (Wildman–Crippen MR) is 83.9 cm³/mol. The summed E-state index contributed by atoms with van der Waals surface area (Å²) in [5.74, 6) is 1.64. The van der Waals surface area contributed by atoms with Gasteiger partial charge in [-0.3, -0.25) is 4.79 Å². The molecule has 0 radical (unpaired) electrons. The van der Waals surface area contributed by atoms with Gasteiger partial charge in [-0.25, -0.2) is 0 Å². The number of para-hydroxylation sites is 1. The third-order valence-corrected chi connectivity index (χ3v) is 3.53. The Balaban J connectivity index is 2.35. The van der Waals surface area contributed by atoms with Crippen LogP contribution in [0, 0.1) is 0 Å². The van der Waals surface area contributed by atoms with Crippen molar-refractivity contribution in [3.05, 3.63) is 29.3 Å². The van der Waals surface area contributed by atoms with Crippen molar-refractivity contribution >= 4 is 11.9 Å². The van der Waals surface area contributed by atoms with E-state index in [1.807, 2.05) is 31.3 Å². The third-order valence-electron chi connectivity index (χ3n) is 3.53. The van der Waals surface area contributed by atoms with E-state index in [1.165, 1.54) is 0 Å². The summed E-state index contributed by atoms with van der Waals surface area (Å²) >= 11 is 0. The van der Waals surface area contributed by atoms with Crippen LogP contribution in [0.1, 0.15) is 25.3 Å². The fourth-order valence-electron chi connectivity index (χ4n) is 2.39. The van der Waals surface area contributed by atoms with Crippen molar-refractivity contribution in [1.29, 1.82) is 0 Å². The minimum atomic E-state index is 0.220. The maximum Gasteiger partial charge on any atom is 0.168 e. The second-order valence-corrected chi connectivity index (χ2v) is 5.31. The number of hydrogen-bond donors (Lipinski definition) is 0. The predicted octanol–water partition coefficient (Wildman–Crippen LogP) is 2.77. The number of carbonyl (C=O) groups is 1. The number of hydrogen-bond acceptors (Lipinski definition) is 4. The van der Waals surface area contributed by atoms with Gasteiger partial charge < -0.3 is 14.4 Å². The van der Waals surface area contributed by atoms with Gasteiger partial charge in [0.2, 0.25) is 0 Å². The number of carbonyl (C=O) groups excluding carboxylic acids is 1. The maximum absolute atomic E-state index is 12.1. The largest absolute Gasteiger partial charge is 0.493 e. The highest BCUT2D eigenvalue weighted by molar-refractivity contribution is 6.01. The van der Waals surface area contributed by atoms with Gasteiger partial charge >= 0.3 is 0 Å². The number of piperidine rings is 1. The SMILES string of the molecule is CCCOc1c(/C=C2\CN(C)CCC2=O)cccc1OC. The first-order chi connectivity index (χ1) is 10.2. The molecule has 114 valence electrons. The molecule has 0 bridgehead atoms. The van der Waals surface area contributed by atoms with Crippen LogP contribution in [0.3, 0.4) is 0 Å². The highest BCUT2D eigenvalue weighted by Crippen LogP contribution is 2.33. The van der Waals surface area contributed by atoms with Crippen LogP contribution in [-0.2, 0) is 4.79 Å². The Morgan fingerprint density at radius 1 is 1.38 bits per heavy atom. The van der Waals surface area contributed by atoms with E-state index in [0.717, 1.165) is 29.9 Å². The van der Waals surface area contributed by atoms with Crippen molar-refractivity contribution in [1.82, 2.24) is 4.90 Å². The lowest BCUT2D eigenvalue weighted by molar-refractivity contribution is -0.117. The Morgan fingerprint density at radius 2 is 2.19 bits per heavy atom. The normalized spacial score (nSPS) is 18.0. The van der Waals surface area contributed by atoms with Crippen LogP contribution < -0.4 is 9.47 Å². The fraction of sp³-hybridized carbons (Fsp3) is 0.471. The van der Waals surface area contributed by atoms with Crippen LogP contribution in [0.15, 0.2) is 23.8 Å². The van der Waals surface area contributed by atoms with Gasteiger partial charge in [0.15, 0.2) is 17.3 Å². The van der Waals surface area contributed by atoms with Gasteiger partial charge in [0.1, 0.15) is 0 Å². The standard InChI is InChI=1S/C17H23NO3/c1-4-10-21-17-13(6-5-7-16(17)20-3)11-14-12-18(2)9-8-15(14)19/h5-7,11H,4,8-10,12H2,1-3H3/b14-11+. The number of Topliss-reactive ketones (excluding diaryl/α,β-unsaturated/α-hetero) is 1. The number of ether oxygens (including phenoxy) is 2. The lowest BCUT2D eigenvalue weighted by atomic mass is 10.0. The molecular formula is C17H23NO3. The van der Waals surface area contributed by atoms with Crippen LogP contribution >= 0.6 is 0 Å². The molecule has 0 spiro atoms. The van der Waals surface area contributed by atoms with E-state index in [-0.39, 0.29) is 5.78 Å². The van der Waals surface area contributed by atoms with Crippen molar-refractivity contribution in [2.45, 2.75) is 19.8 Å². The average Bonchev–Trinajstić information content (AvgIpc) is 2.49. The van der Waals surface area contributed by atoms with Crippen LogP contribution in [0.2, 0.25) is 0 Å². The van der Waals surface area contributed by atoms with E-state index in [2.05, 4.69) is 11.8 Å². The van der Waals surface area contributed by atoms with E-state index in [4.69, 9.17) is 9.47 Å². The molecule has 2 rings (SSSR count). The molecule has 21 heavy (non-hydrogen) atoms. The lowest BCUT2D eigenvalue weighted by Gasteiger charge is -2.23. The number of rotatable bonds is 5. The maximum atomic E-state index is 12.1. The number of methoxy groups -OCH3 is 1.